The maximum Gasteiger partial charge on any atom is 0.143 e. The summed E-state index contributed by atoms with van der Waals surface area (Å²) in [6.07, 6.45) is 1.55. The SMILES string of the molecule is CC(C)CNC(C)(CO)c1cccc(-n2cnnn2)c1. The van der Waals surface area contributed by atoms with Crippen molar-refractivity contribution in [1.82, 2.24) is 25.5 Å². The molecule has 0 fully saturated rings. The molecule has 2 N–H and O–H groups in total. The minimum atomic E-state index is -0.478. The second-order valence-corrected chi connectivity index (χ2v) is 5.57. The Kier molecular flexibility index (Phi) is 4.46. The van der Waals surface area contributed by atoms with E-state index in [9.17, 15) is 5.11 Å². The van der Waals surface area contributed by atoms with Crippen LogP contribution in [0.2, 0.25) is 0 Å². The molecular weight excluding hydrogens is 254 g/mol. The van der Waals surface area contributed by atoms with E-state index < -0.39 is 5.54 Å². The van der Waals surface area contributed by atoms with E-state index in [2.05, 4.69) is 34.7 Å². The highest BCUT2D eigenvalue weighted by molar-refractivity contribution is 5.37. The van der Waals surface area contributed by atoms with Crippen LogP contribution in [0.5, 0.6) is 0 Å². The Balaban J connectivity index is 2.28. The van der Waals surface area contributed by atoms with Gasteiger partial charge in [-0.05, 0) is 47.5 Å². The Bertz CT molecular complexity index is 540. The van der Waals surface area contributed by atoms with Crippen LogP contribution in [0.1, 0.15) is 26.3 Å². The van der Waals surface area contributed by atoms with Gasteiger partial charge in [-0.2, -0.15) is 0 Å². The molecule has 0 aliphatic carbocycles. The molecule has 2 aromatic rings. The molecule has 0 aliphatic rings. The largest absolute Gasteiger partial charge is 0.394 e. The molecule has 1 heterocycles. The summed E-state index contributed by atoms with van der Waals surface area (Å²) in [5.74, 6) is 0.517. The number of nitrogens with one attached hydrogen (secondary N) is 1. The van der Waals surface area contributed by atoms with Gasteiger partial charge in [0.25, 0.3) is 0 Å². The Hall–Kier alpha value is -1.79. The molecule has 20 heavy (non-hydrogen) atoms. The first-order chi connectivity index (χ1) is 9.55. The van der Waals surface area contributed by atoms with Gasteiger partial charge in [-0.25, -0.2) is 4.68 Å². The molecule has 1 aromatic carbocycles. The zero-order valence-electron chi connectivity index (χ0n) is 12.1. The maximum atomic E-state index is 9.76. The van der Waals surface area contributed by atoms with Gasteiger partial charge in [-0.15, -0.1) is 5.10 Å². The van der Waals surface area contributed by atoms with Crippen molar-refractivity contribution in [3.8, 4) is 5.69 Å². The standard InChI is InChI=1S/C14H21N5O/c1-11(2)8-15-14(3,9-20)12-5-4-6-13(7-12)19-10-16-17-18-19/h4-7,10-11,15,20H,8-9H2,1-3H3. The quantitative estimate of drug-likeness (QED) is 0.826. The van der Waals surface area contributed by atoms with Gasteiger partial charge in [0.05, 0.1) is 17.8 Å². The van der Waals surface area contributed by atoms with Crippen molar-refractivity contribution in [3.05, 3.63) is 36.2 Å². The van der Waals surface area contributed by atoms with Gasteiger partial charge in [-0.3, -0.25) is 0 Å². The molecule has 0 amide bonds. The van der Waals surface area contributed by atoms with Crippen molar-refractivity contribution >= 4 is 0 Å². The highest BCUT2D eigenvalue weighted by atomic mass is 16.3. The minimum absolute atomic E-state index is 0.0266. The first kappa shape index (κ1) is 14.6. The van der Waals surface area contributed by atoms with Crippen LogP contribution in [-0.2, 0) is 5.54 Å². The van der Waals surface area contributed by atoms with Gasteiger partial charge < -0.3 is 10.4 Å². The summed E-state index contributed by atoms with van der Waals surface area (Å²) < 4.78 is 1.60. The third kappa shape index (κ3) is 3.20. The summed E-state index contributed by atoms with van der Waals surface area (Å²) in [6.45, 7) is 7.14. The second-order valence-electron chi connectivity index (χ2n) is 5.57. The smallest absolute Gasteiger partial charge is 0.143 e. The lowest BCUT2D eigenvalue weighted by atomic mass is 9.92. The normalized spacial score (nSPS) is 14.4. The summed E-state index contributed by atoms with van der Waals surface area (Å²) in [6, 6.07) is 7.86. The third-order valence-electron chi connectivity index (χ3n) is 3.31. The molecule has 6 nitrogen and oxygen atoms in total. The van der Waals surface area contributed by atoms with Gasteiger partial charge in [0, 0.05) is 0 Å². The van der Waals surface area contributed by atoms with E-state index in [1.807, 2.05) is 31.2 Å². The fourth-order valence-electron chi connectivity index (χ4n) is 1.95. The predicted molar refractivity (Wildman–Crippen MR) is 76.4 cm³/mol. The molecule has 0 aliphatic heterocycles. The highest BCUT2D eigenvalue weighted by Crippen LogP contribution is 2.22. The van der Waals surface area contributed by atoms with Crippen LogP contribution in [0.15, 0.2) is 30.6 Å². The summed E-state index contributed by atoms with van der Waals surface area (Å²) in [4.78, 5) is 0. The van der Waals surface area contributed by atoms with Crippen molar-refractivity contribution in [2.75, 3.05) is 13.2 Å². The lowest BCUT2D eigenvalue weighted by Crippen LogP contribution is -2.44. The number of hydrogen-bond donors (Lipinski definition) is 2. The van der Waals surface area contributed by atoms with Gasteiger partial charge in [0.1, 0.15) is 6.33 Å². The predicted octanol–water partition coefficient (Wildman–Crippen LogP) is 1.12. The van der Waals surface area contributed by atoms with Crippen LogP contribution >= 0.6 is 0 Å². The molecular formula is C14H21N5O. The molecule has 0 radical (unpaired) electrons. The van der Waals surface area contributed by atoms with Gasteiger partial charge >= 0.3 is 0 Å². The molecule has 1 unspecified atom stereocenters. The number of aliphatic hydroxyl groups excluding tert-OH is 1. The highest BCUT2D eigenvalue weighted by Gasteiger charge is 2.25. The number of tetrazole rings is 1. The molecule has 2 rings (SSSR count). The number of nitrogens with zero attached hydrogens (tertiary/aromatic N) is 4. The van der Waals surface area contributed by atoms with Gasteiger partial charge in [0.2, 0.25) is 0 Å². The maximum absolute atomic E-state index is 9.76. The summed E-state index contributed by atoms with van der Waals surface area (Å²) in [5, 5.41) is 24.3. The molecule has 0 saturated heterocycles. The summed E-state index contributed by atoms with van der Waals surface area (Å²) >= 11 is 0. The molecule has 1 atom stereocenters. The zero-order valence-corrected chi connectivity index (χ0v) is 12.1. The number of aliphatic hydroxyl groups is 1. The van der Waals surface area contributed by atoms with Crippen LogP contribution in [0.25, 0.3) is 5.69 Å². The van der Waals surface area contributed by atoms with E-state index in [1.165, 1.54) is 0 Å². The first-order valence-electron chi connectivity index (χ1n) is 6.75. The van der Waals surface area contributed by atoms with Crippen molar-refractivity contribution in [2.24, 2.45) is 5.92 Å². The van der Waals surface area contributed by atoms with Crippen molar-refractivity contribution in [2.45, 2.75) is 26.3 Å². The van der Waals surface area contributed by atoms with Crippen molar-refractivity contribution in [3.63, 3.8) is 0 Å². The molecule has 0 spiro atoms. The number of benzene rings is 1. The first-order valence-corrected chi connectivity index (χ1v) is 6.75. The Labute approximate surface area is 118 Å². The Morgan fingerprint density at radius 2 is 2.20 bits per heavy atom. The molecule has 108 valence electrons. The van der Waals surface area contributed by atoms with Gasteiger partial charge in [-0.1, -0.05) is 26.0 Å². The second kappa shape index (κ2) is 6.11. The van der Waals surface area contributed by atoms with E-state index in [0.29, 0.717) is 5.92 Å². The third-order valence-corrected chi connectivity index (χ3v) is 3.31. The average molecular weight is 275 g/mol. The van der Waals surface area contributed by atoms with Crippen LogP contribution in [0.4, 0.5) is 0 Å². The van der Waals surface area contributed by atoms with E-state index >= 15 is 0 Å². The molecule has 0 saturated carbocycles. The van der Waals surface area contributed by atoms with E-state index in [1.54, 1.807) is 11.0 Å². The van der Waals surface area contributed by atoms with Crippen LogP contribution in [0, 0.1) is 5.92 Å². The minimum Gasteiger partial charge on any atom is -0.394 e. The summed E-state index contributed by atoms with van der Waals surface area (Å²) in [7, 11) is 0. The van der Waals surface area contributed by atoms with Crippen molar-refractivity contribution < 1.29 is 5.11 Å². The van der Waals surface area contributed by atoms with Gasteiger partial charge in [0.15, 0.2) is 0 Å². The fourth-order valence-corrected chi connectivity index (χ4v) is 1.95. The molecule has 6 heteroatoms. The fraction of sp³-hybridized carbons (Fsp3) is 0.500. The van der Waals surface area contributed by atoms with Crippen LogP contribution in [0.3, 0.4) is 0 Å². The van der Waals surface area contributed by atoms with Crippen molar-refractivity contribution in [1.29, 1.82) is 0 Å². The monoisotopic (exact) mass is 275 g/mol. The topological polar surface area (TPSA) is 75.9 Å². The Morgan fingerprint density at radius 1 is 1.40 bits per heavy atom. The van der Waals surface area contributed by atoms with E-state index in [-0.39, 0.29) is 6.61 Å². The average Bonchev–Trinajstić information content (AvgIpc) is 2.99. The van der Waals surface area contributed by atoms with E-state index in [0.717, 1.165) is 17.8 Å². The lowest BCUT2D eigenvalue weighted by Gasteiger charge is -2.30. The molecule has 1 aromatic heterocycles. The lowest BCUT2D eigenvalue weighted by molar-refractivity contribution is 0.171. The summed E-state index contributed by atoms with van der Waals surface area (Å²) in [5.41, 5.74) is 1.40. The van der Waals surface area contributed by atoms with Crippen LogP contribution in [-0.4, -0.2) is 38.5 Å². The number of rotatable bonds is 6. The Morgan fingerprint density at radius 3 is 2.80 bits per heavy atom. The zero-order chi connectivity index (χ0) is 14.6. The molecule has 0 bridgehead atoms. The van der Waals surface area contributed by atoms with E-state index in [4.69, 9.17) is 0 Å². The number of hydrogen-bond acceptors (Lipinski definition) is 5. The van der Waals surface area contributed by atoms with Crippen LogP contribution < -0.4 is 5.32 Å². The number of aromatic nitrogens is 4.